The number of carbonyl (C=O) groups excluding carboxylic acids is 1. The summed E-state index contributed by atoms with van der Waals surface area (Å²) in [4.78, 5) is 12.8. The fourth-order valence-corrected chi connectivity index (χ4v) is 5.53. The number of esters is 1. The second-order valence-corrected chi connectivity index (χ2v) is 8.93. The van der Waals surface area contributed by atoms with Gasteiger partial charge in [0.05, 0.1) is 20.1 Å². The first-order valence-corrected chi connectivity index (χ1v) is 11.7. The maximum absolute atomic E-state index is 12.8. The Labute approximate surface area is 185 Å². The summed E-state index contributed by atoms with van der Waals surface area (Å²) in [6.07, 6.45) is 8.52. The van der Waals surface area contributed by atoms with Crippen LogP contribution in [0.4, 0.5) is 0 Å². The zero-order valence-corrected chi connectivity index (χ0v) is 18.8. The van der Waals surface area contributed by atoms with E-state index in [9.17, 15) is 4.79 Å². The third-order valence-electron chi connectivity index (χ3n) is 7.18. The average Bonchev–Trinajstić information content (AvgIpc) is 2.92. The number of benzene rings is 2. The third-order valence-corrected chi connectivity index (χ3v) is 7.18. The smallest absolute Gasteiger partial charge is 0.309 e. The molecule has 0 aliphatic heterocycles. The Morgan fingerprint density at radius 1 is 0.903 bits per heavy atom. The van der Waals surface area contributed by atoms with Crippen molar-refractivity contribution in [2.24, 2.45) is 11.8 Å². The van der Waals surface area contributed by atoms with Crippen LogP contribution in [-0.4, -0.2) is 20.2 Å². The zero-order valence-electron chi connectivity index (χ0n) is 18.8. The number of fused-ring (bicyclic) bond motifs is 3. The molecule has 0 N–H and O–H groups in total. The normalized spacial score (nSPS) is 23.4. The number of hydrogen-bond donors (Lipinski definition) is 0. The highest BCUT2D eigenvalue weighted by Gasteiger charge is 2.34. The van der Waals surface area contributed by atoms with Crippen molar-refractivity contribution in [3.63, 3.8) is 0 Å². The molecule has 0 saturated heterocycles. The molecule has 31 heavy (non-hydrogen) atoms. The van der Waals surface area contributed by atoms with E-state index in [2.05, 4.69) is 12.1 Å². The summed E-state index contributed by atoms with van der Waals surface area (Å²) >= 11 is 0. The summed E-state index contributed by atoms with van der Waals surface area (Å²) in [5.74, 6) is 2.89. The molecule has 4 nitrogen and oxygen atoms in total. The summed E-state index contributed by atoms with van der Waals surface area (Å²) in [7, 11) is 3.44. The fraction of sp³-hybridized carbons (Fsp3) is 0.519. The average molecular weight is 423 g/mol. The van der Waals surface area contributed by atoms with E-state index in [0.717, 1.165) is 62.0 Å². The van der Waals surface area contributed by atoms with E-state index in [0.29, 0.717) is 18.4 Å². The van der Waals surface area contributed by atoms with Crippen LogP contribution in [0, 0.1) is 11.8 Å². The van der Waals surface area contributed by atoms with Gasteiger partial charge < -0.3 is 14.2 Å². The van der Waals surface area contributed by atoms with E-state index in [1.165, 1.54) is 17.5 Å². The van der Waals surface area contributed by atoms with Crippen molar-refractivity contribution >= 4 is 5.97 Å². The first-order valence-electron chi connectivity index (χ1n) is 11.7. The SMILES string of the molecule is COc1ccc2c(c1OC)CCC1CCC(C(=O)OCc3ccccc3)CCCCC21. The van der Waals surface area contributed by atoms with E-state index in [4.69, 9.17) is 14.2 Å². The van der Waals surface area contributed by atoms with Crippen LogP contribution < -0.4 is 9.47 Å². The van der Waals surface area contributed by atoms with Crippen LogP contribution in [0.5, 0.6) is 11.5 Å². The van der Waals surface area contributed by atoms with Crippen LogP contribution in [0.2, 0.25) is 0 Å². The molecule has 2 aromatic carbocycles. The van der Waals surface area contributed by atoms with E-state index in [1.807, 2.05) is 30.3 Å². The lowest BCUT2D eigenvalue weighted by Gasteiger charge is -2.35. The van der Waals surface area contributed by atoms with Gasteiger partial charge in [-0.1, -0.05) is 49.2 Å². The van der Waals surface area contributed by atoms with Gasteiger partial charge in [-0.3, -0.25) is 4.79 Å². The van der Waals surface area contributed by atoms with Gasteiger partial charge in [-0.25, -0.2) is 0 Å². The van der Waals surface area contributed by atoms with Crippen LogP contribution in [0.1, 0.15) is 67.6 Å². The molecule has 0 heterocycles. The predicted octanol–water partition coefficient (Wildman–Crippen LogP) is 6.06. The molecule has 166 valence electrons. The Morgan fingerprint density at radius 2 is 1.71 bits per heavy atom. The molecule has 0 bridgehead atoms. The molecular formula is C27H34O4. The number of rotatable bonds is 5. The fourth-order valence-electron chi connectivity index (χ4n) is 5.53. The zero-order chi connectivity index (χ0) is 21.6. The van der Waals surface area contributed by atoms with E-state index < -0.39 is 0 Å². The van der Waals surface area contributed by atoms with Crippen molar-refractivity contribution < 1.29 is 19.0 Å². The molecule has 3 unspecified atom stereocenters. The second-order valence-electron chi connectivity index (χ2n) is 8.93. The van der Waals surface area contributed by atoms with Gasteiger partial charge in [-0.15, -0.1) is 0 Å². The largest absolute Gasteiger partial charge is 0.493 e. The van der Waals surface area contributed by atoms with Crippen LogP contribution >= 0.6 is 0 Å². The lowest BCUT2D eigenvalue weighted by molar-refractivity contribution is -0.150. The molecule has 0 radical (unpaired) electrons. The molecule has 2 aliphatic carbocycles. The van der Waals surface area contributed by atoms with Crippen molar-refractivity contribution in [1.82, 2.24) is 0 Å². The van der Waals surface area contributed by atoms with Crippen molar-refractivity contribution in [2.75, 3.05) is 14.2 Å². The Hall–Kier alpha value is -2.49. The summed E-state index contributed by atoms with van der Waals surface area (Å²) < 4.78 is 16.9. The number of ether oxygens (including phenoxy) is 3. The van der Waals surface area contributed by atoms with Crippen LogP contribution in [0.25, 0.3) is 0 Å². The van der Waals surface area contributed by atoms with Crippen molar-refractivity contribution in [3.05, 3.63) is 59.2 Å². The standard InChI is InChI=1S/C27H34O4/c1-29-25-17-16-23-22-11-7-6-10-21(27(28)31-18-19-8-4-3-5-9-19)13-12-20(22)14-15-24(23)26(25)30-2/h3-5,8-9,16-17,20-22H,6-7,10-15,18H2,1-2H3. The van der Waals surface area contributed by atoms with Gasteiger partial charge in [0.15, 0.2) is 11.5 Å². The predicted molar refractivity (Wildman–Crippen MR) is 122 cm³/mol. The summed E-state index contributed by atoms with van der Waals surface area (Å²) in [6, 6.07) is 14.2. The molecule has 0 spiro atoms. The number of hydrogen-bond acceptors (Lipinski definition) is 4. The molecule has 1 saturated carbocycles. The number of methoxy groups -OCH3 is 2. The first-order chi connectivity index (χ1) is 15.2. The molecule has 3 atom stereocenters. The Bertz CT molecular complexity index is 876. The van der Waals surface area contributed by atoms with E-state index in [1.54, 1.807) is 14.2 Å². The highest BCUT2D eigenvalue weighted by atomic mass is 16.5. The van der Waals surface area contributed by atoms with Gasteiger partial charge in [0, 0.05) is 5.56 Å². The minimum absolute atomic E-state index is 0.0225. The molecule has 2 aromatic rings. The third kappa shape index (κ3) is 4.89. The molecule has 4 rings (SSSR count). The van der Waals surface area contributed by atoms with E-state index >= 15 is 0 Å². The molecule has 0 aromatic heterocycles. The summed E-state index contributed by atoms with van der Waals surface area (Å²) in [6.45, 7) is 0.372. The number of carbonyl (C=O) groups is 1. The highest BCUT2D eigenvalue weighted by molar-refractivity contribution is 5.72. The minimum atomic E-state index is -0.0232. The molecular weight excluding hydrogens is 388 g/mol. The van der Waals surface area contributed by atoms with Gasteiger partial charge in [0.1, 0.15) is 6.61 Å². The topological polar surface area (TPSA) is 44.8 Å². The maximum atomic E-state index is 12.8. The summed E-state index contributed by atoms with van der Waals surface area (Å²) in [5, 5.41) is 0. The monoisotopic (exact) mass is 422 g/mol. The first kappa shape index (κ1) is 21.7. The molecule has 2 aliphatic rings. The molecule has 1 fully saturated rings. The minimum Gasteiger partial charge on any atom is -0.493 e. The van der Waals surface area contributed by atoms with Crippen molar-refractivity contribution in [3.8, 4) is 11.5 Å². The van der Waals surface area contributed by atoms with Crippen molar-refractivity contribution in [1.29, 1.82) is 0 Å². The Kier molecular flexibility index (Phi) is 7.16. The van der Waals surface area contributed by atoms with Gasteiger partial charge in [0.2, 0.25) is 0 Å². The van der Waals surface area contributed by atoms with Gasteiger partial charge >= 0.3 is 5.97 Å². The van der Waals surface area contributed by atoms with Crippen LogP contribution in [0.3, 0.4) is 0 Å². The maximum Gasteiger partial charge on any atom is 0.309 e. The van der Waals surface area contributed by atoms with Gasteiger partial charge in [-0.2, -0.15) is 0 Å². The second kappa shape index (κ2) is 10.2. The Morgan fingerprint density at radius 3 is 2.48 bits per heavy atom. The lowest BCUT2D eigenvalue weighted by atomic mass is 9.71. The van der Waals surface area contributed by atoms with E-state index in [-0.39, 0.29) is 11.9 Å². The summed E-state index contributed by atoms with van der Waals surface area (Å²) in [5.41, 5.74) is 3.80. The molecule has 4 heteroatoms. The van der Waals surface area contributed by atoms with Crippen molar-refractivity contribution in [2.45, 2.75) is 63.9 Å². The quantitative estimate of drug-likeness (QED) is 0.549. The van der Waals surface area contributed by atoms with Gasteiger partial charge in [-0.05, 0) is 67.6 Å². The van der Waals surface area contributed by atoms with Crippen LogP contribution in [0.15, 0.2) is 42.5 Å². The highest BCUT2D eigenvalue weighted by Crippen LogP contribution is 2.48. The lowest BCUT2D eigenvalue weighted by Crippen LogP contribution is -2.23. The van der Waals surface area contributed by atoms with Crippen LogP contribution in [-0.2, 0) is 22.6 Å². The van der Waals surface area contributed by atoms with Gasteiger partial charge in [0.25, 0.3) is 0 Å². The molecule has 0 amide bonds. The Balaban J connectivity index is 1.44.